The summed E-state index contributed by atoms with van der Waals surface area (Å²) < 4.78 is 13.0. The lowest BCUT2D eigenvalue weighted by molar-refractivity contribution is 0.638. The van der Waals surface area contributed by atoms with Crippen LogP contribution in [-0.2, 0) is 5.41 Å². The highest BCUT2D eigenvalue weighted by molar-refractivity contribution is 6.11. The quantitative estimate of drug-likeness (QED) is 0.248. The zero-order chi connectivity index (χ0) is 27.1. The first-order valence-corrected chi connectivity index (χ1v) is 14.0. The van der Waals surface area contributed by atoms with Crippen molar-refractivity contribution < 1.29 is 8.83 Å². The van der Waals surface area contributed by atoms with Gasteiger partial charge in [-0.1, -0.05) is 97.1 Å². The fourth-order valence-corrected chi connectivity index (χ4v) is 7.01. The molecule has 0 aliphatic heterocycles. The molecule has 194 valence electrons. The van der Waals surface area contributed by atoms with Crippen LogP contribution in [-0.4, -0.2) is 0 Å². The van der Waals surface area contributed by atoms with Gasteiger partial charge in [-0.05, 0) is 53.4 Å². The first-order chi connectivity index (χ1) is 20.2. The van der Waals surface area contributed by atoms with E-state index in [1.165, 1.54) is 27.8 Å². The summed E-state index contributed by atoms with van der Waals surface area (Å²) in [6.07, 6.45) is 0. The molecule has 0 radical (unpaired) electrons. The first kappa shape index (κ1) is 22.5. The van der Waals surface area contributed by atoms with E-state index in [4.69, 9.17) is 8.83 Å². The van der Waals surface area contributed by atoms with Crippen LogP contribution in [0.3, 0.4) is 0 Å². The Labute approximate surface area is 236 Å². The number of hydrogen-bond acceptors (Lipinski definition) is 3. The maximum atomic E-state index is 6.84. The van der Waals surface area contributed by atoms with E-state index >= 15 is 0 Å². The van der Waals surface area contributed by atoms with E-state index in [1.807, 2.05) is 18.2 Å². The minimum Gasteiger partial charge on any atom is -0.456 e. The van der Waals surface area contributed by atoms with Crippen LogP contribution >= 0.6 is 0 Å². The molecule has 0 fully saturated rings. The number of rotatable bonds is 3. The maximum absolute atomic E-state index is 6.84. The third kappa shape index (κ3) is 3.03. The molecule has 0 bridgehead atoms. The van der Waals surface area contributed by atoms with Crippen LogP contribution in [0.25, 0.3) is 55.0 Å². The SMILES string of the molecule is CC1(c2cccc3c2oc2c(Nc4ccc5c(c4)oc4ccccc45)cccc23)c2ccccc2-c2ccccc21. The van der Waals surface area contributed by atoms with Crippen molar-refractivity contribution >= 4 is 55.3 Å². The van der Waals surface area contributed by atoms with Gasteiger partial charge in [0.2, 0.25) is 0 Å². The molecule has 41 heavy (non-hydrogen) atoms. The molecule has 0 saturated heterocycles. The minimum atomic E-state index is -0.333. The Balaban J connectivity index is 1.22. The molecule has 0 atom stereocenters. The van der Waals surface area contributed by atoms with E-state index in [2.05, 4.69) is 121 Å². The molecule has 2 aromatic heterocycles. The van der Waals surface area contributed by atoms with Crippen LogP contribution in [0.15, 0.2) is 136 Å². The van der Waals surface area contributed by atoms with Gasteiger partial charge in [-0.25, -0.2) is 0 Å². The molecule has 1 aliphatic rings. The van der Waals surface area contributed by atoms with Crippen LogP contribution < -0.4 is 5.32 Å². The molecule has 1 N–H and O–H groups in total. The Hall–Kier alpha value is -5.28. The molecular formula is C38H25NO2. The van der Waals surface area contributed by atoms with Gasteiger partial charge in [0.15, 0.2) is 5.58 Å². The van der Waals surface area contributed by atoms with Gasteiger partial charge < -0.3 is 14.2 Å². The van der Waals surface area contributed by atoms with Crippen molar-refractivity contribution in [3.8, 4) is 11.1 Å². The molecule has 1 aliphatic carbocycles. The molecule has 8 aromatic rings. The first-order valence-electron chi connectivity index (χ1n) is 14.0. The van der Waals surface area contributed by atoms with Gasteiger partial charge in [-0.3, -0.25) is 0 Å². The second kappa shape index (κ2) is 8.12. The molecule has 0 spiro atoms. The summed E-state index contributed by atoms with van der Waals surface area (Å²) >= 11 is 0. The van der Waals surface area contributed by atoms with Crippen LogP contribution in [0.5, 0.6) is 0 Å². The Morgan fingerprint density at radius 3 is 1.90 bits per heavy atom. The van der Waals surface area contributed by atoms with Gasteiger partial charge in [0.25, 0.3) is 0 Å². The molecule has 0 saturated carbocycles. The summed E-state index contributed by atoms with van der Waals surface area (Å²) in [5.41, 5.74) is 11.5. The summed E-state index contributed by atoms with van der Waals surface area (Å²) in [5.74, 6) is 0. The third-order valence-corrected chi connectivity index (χ3v) is 8.94. The highest BCUT2D eigenvalue weighted by Gasteiger charge is 2.42. The second-order valence-corrected chi connectivity index (χ2v) is 11.1. The lowest BCUT2D eigenvalue weighted by Crippen LogP contribution is -2.22. The van der Waals surface area contributed by atoms with Crippen molar-refractivity contribution in [2.45, 2.75) is 12.3 Å². The Kier molecular flexibility index (Phi) is 4.46. The standard InChI is InChI=1S/C38H25NO2/c1-38(30-15-5-2-10-24(30)25-11-3-6-16-31(25)38)32-17-8-13-28-29-14-9-18-33(37(29)41-36(28)32)39-23-20-21-27-26-12-4-7-19-34(26)40-35(27)22-23/h2-22,39H,1H3. The third-order valence-electron chi connectivity index (χ3n) is 8.94. The lowest BCUT2D eigenvalue weighted by Gasteiger charge is -2.28. The van der Waals surface area contributed by atoms with Crippen molar-refractivity contribution in [2.24, 2.45) is 0 Å². The van der Waals surface area contributed by atoms with Crippen LogP contribution in [0.2, 0.25) is 0 Å². The summed E-state index contributed by atoms with van der Waals surface area (Å²) in [7, 11) is 0. The van der Waals surface area contributed by atoms with Crippen LogP contribution in [0.1, 0.15) is 23.6 Å². The van der Waals surface area contributed by atoms with E-state index < -0.39 is 0 Å². The molecule has 6 aromatic carbocycles. The van der Waals surface area contributed by atoms with Crippen molar-refractivity contribution in [1.29, 1.82) is 0 Å². The number of hydrogen-bond donors (Lipinski definition) is 1. The van der Waals surface area contributed by atoms with Crippen molar-refractivity contribution in [2.75, 3.05) is 5.32 Å². The smallest absolute Gasteiger partial charge is 0.158 e. The van der Waals surface area contributed by atoms with Gasteiger partial charge in [0, 0.05) is 44.3 Å². The zero-order valence-electron chi connectivity index (χ0n) is 22.4. The number of anilines is 2. The molecule has 3 nitrogen and oxygen atoms in total. The summed E-state index contributed by atoms with van der Waals surface area (Å²) in [5, 5.41) is 8.08. The Morgan fingerprint density at radius 2 is 1.10 bits per heavy atom. The normalized spacial score (nSPS) is 13.7. The summed E-state index contributed by atoms with van der Waals surface area (Å²) in [4.78, 5) is 0. The van der Waals surface area contributed by atoms with Gasteiger partial charge in [0.1, 0.15) is 16.7 Å². The number of furan rings is 2. The summed E-state index contributed by atoms with van der Waals surface area (Å²) in [6, 6.07) is 44.9. The predicted octanol–water partition coefficient (Wildman–Crippen LogP) is 10.6. The molecule has 0 amide bonds. The van der Waals surface area contributed by atoms with E-state index in [1.54, 1.807) is 0 Å². The minimum absolute atomic E-state index is 0.333. The summed E-state index contributed by atoms with van der Waals surface area (Å²) in [6.45, 7) is 2.33. The predicted molar refractivity (Wildman–Crippen MR) is 168 cm³/mol. The number of benzene rings is 6. The number of fused-ring (bicyclic) bond motifs is 9. The molecule has 9 rings (SSSR count). The monoisotopic (exact) mass is 527 g/mol. The van der Waals surface area contributed by atoms with Gasteiger partial charge in [0.05, 0.1) is 5.69 Å². The molecule has 3 heteroatoms. The van der Waals surface area contributed by atoms with E-state index in [9.17, 15) is 0 Å². The average molecular weight is 528 g/mol. The largest absolute Gasteiger partial charge is 0.456 e. The molecule has 2 heterocycles. The zero-order valence-corrected chi connectivity index (χ0v) is 22.4. The molecule has 0 unspecified atom stereocenters. The van der Waals surface area contributed by atoms with E-state index in [0.29, 0.717) is 0 Å². The maximum Gasteiger partial charge on any atom is 0.158 e. The average Bonchev–Trinajstić information content (AvgIpc) is 3.67. The molecular weight excluding hydrogens is 502 g/mol. The van der Waals surface area contributed by atoms with E-state index in [0.717, 1.165) is 55.3 Å². The number of para-hydroxylation sites is 3. The highest BCUT2D eigenvalue weighted by Crippen LogP contribution is 2.54. The highest BCUT2D eigenvalue weighted by atomic mass is 16.3. The van der Waals surface area contributed by atoms with Crippen molar-refractivity contribution in [3.63, 3.8) is 0 Å². The second-order valence-electron chi connectivity index (χ2n) is 11.1. The van der Waals surface area contributed by atoms with Gasteiger partial charge in [-0.15, -0.1) is 0 Å². The van der Waals surface area contributed by atoms with E-state index in [-0.39, 0.29) is 5.41 Å². The van der Waals surface area contributed by atoms with Crippen LogP contribution in [0, 0.1) is 0 Å². The topological polar surface area (TPSA) is 38.3 Å². The fourth-order valence-electron chi connectivity index (χ4n) is 7.01. The van der Waals surface area contributed by atoms with Crippen LogP contribution in [0.4, 0.5) is 11.4 Å². The van der Waals surface area contributed by atoms with Gasteiger partial charge >= 0.3 is 0 Å². The van der Waals surface area contributed by atoms with Crippen molar-refractivity contribution in [3.05, 3.63) is 144 Å². The fraction of sp³-hybridized carbons (Fsp3) is 0.0526. The number of nitrogens with one attached hydrogen (secondary N) is 1. The van der Waals surface area contributed by atoms with Crippen molar-refractivity contribution in [1.82, 2.24) is 0 Å². The Morgan fingerprint density at radius 1 is 0.488 bits per heavy atom. The lowest BCUT2D eigenvalue weighted by atomic mass is 9.74. The van der Waals surface area contributed by atoms with Gasteiger partial charge in [-0.2, -0.15) is 0 Å². The Bertz CT molecular complexity index is 2270.